The van der Waals surface area contributed by atoms with Crippen LogP contribution in [0.2, 0.25) is 5.28 Å². The Labute approximate surface area is 124 Å². The molecule has 0 aliphatic rings. The number of hydrogen-bond acceptors (Lipinski definition) is 5. The van der Waals surface area contributed by atoms with E-state index in [9.17, 15) is 0 Å². The minimum absolute atomic E-state index is 0.172. The van der Waals surface area contributed by atoms with Gasteiger partial charge in [-0.3, -0.25) is 0 Å². The van der Waals surface area contributed by atoms with Gasteiger partial charge in [0.05, 0.1) is 0 Å². The Hall–Kier alpha value is -1.88. The van der Waals surface area contributed by atoms with Crippen LogP contribution >= 0.6 is 11.6 Å². The van der Waals surface area contributed by atoms with Crippen molar-refractivity contribution in [2.75, 3.05) is 24.3 Å². The lowest BCUT2D eigenvalue weighted by Gasteiger charge is -2.13. The Morgan fingerprint density at radius 1 is 1.15 bits per heavy atom. The Bertz CT molecular complexity index is 598. The molecule has 0 aliphatic carbocycles. The van der Waals surface area contributed by atoms with Gasteiger partial charge in [-0.1, -0.05) is 26.0 Å². The normalized spacial score (nSPS) is 10.7. The van der Waals surface area contributed by atoms with E-state index in [1.165, 1.54) is 5.56 Å². The summed E-state index contributed by atoms with van der Waals surface area (Å²) in [7, 11) is 3.71. The van der Waals surface area contributed by atoms with Gasteiger partial charge in [-0.15, -0.1) is 0 Å². The molecule has 2 rings (SSSR count). The maximum Gasteiger partial charge on any atom is 0.233 e. The van der Waals surface area contributed by atoms with E-state index < -0.39 is 0 Å². The number of benzene rings is 1. The maximum atomic E-state index is 5.91. The van der Waals surface area contributed by atoms with Crippen molar-refractivity contribution in [1.29, 1.82) is 0 Å². The van der Waals surface area contributed by atoms with Gasteiger partial charge in [-0.2, -0.15) is 15.0 Å². The molecule has 6 heteroatoms. The first-order chi connectivity index (χ1) is 9.45. The highest BCUT2D eigenvalue weighted by molar-refractivity contribution is 6.28. The number of aromatic nitrogens is 3. The van der Waals surface area contributed by atoms with Crippen molar-refractivity contribution in [1.82, 2.24) is 15.0 Å². The van der Waals surface area contributed by atoms with Gasteiger partial charge in [0.25, 0.3) is 0 Å². The molecule has 1 aromatic carbocycles. The van der Waals surface area contributed by atoms with Crippen LogP contribution in [0.1, 0.15) is 25.3 Å². The molecule has 1 aromatic heterocycles. The number of hydrogen-bond donors (Lipinski definition) is 1. The molecule has 0 fully saturated rings. The van der Waals surface area contributed by atoms with E-state index in [1.54, 1.807) is 4.90 Å². The van der Waals surface area contributed by atoms with Gasteiger partial charge in [0, 0.05) is 19.8 Å². The molecule has 1 heterocycles. The van der Waals surface area contributed by atoms with Crippen molar-refractivity contribution < 1.29 is 0 Å². The SMILES string of the molecule is CC(C)c1cccc(Nc2nc(Cl)nc(N(C)C)n2)c1. The fraction of sp³-hybridized carbons (Fsp3) is 0.357. The van der Waals surface area contributed by atoms with E-state index in [4.69, 9.17) is 11.6 Å². The van der Waals surface area contributed by atoms with E-state index in [1.807, 2.05) is 26.2 Å². The van der Waals surface area contributed by atoms with Gasteiger partial charge in [-0.25, -0.2) is 0 Å². The van der Waals surface area contributed by atoms with Crippen LogP contribution in [-0.4, -0.2) is 29.0 Å². The molecule has 0 amide bonds. The lowest BCUT2D eigenvalue weighted by molar-refractivity contribution is 0.867. The van der Waals surface area contributed by atoms with Crippen LogP contribution in [0.5, 0.6) is 0 Å². The van der Waals surface area contributed by atoms with Gasteiger partial charge in [0.1, 0.15) is 0 Å². The highest BCUT2D eigenvalue weighted by Gasteiger charge is 2.07. The van der Waals surface area contributed by atoms with Crippen molar-refractivity contribution in [3.8, 4) is 0 Å². The summed E-state index contributed by atoms with van der Waals surface area (Å²) >= 11 is 5.91. The van der Waals surface area contributed by atoms with Crippen molar-refractivity contribution in [2.24, 2.45) is 0 Å². The molecule has 5 nitrogen and oxygen atoms in total. The molecule has 0 saturated carbocycles. The largest absolute Gasteiger partial charge is 0.347 e. The van der Waals surface area contributed by atoms with Crippen LogP contribution in [-0.2, 0) is 0 Å². The molecule has 0 aliphatic heterocycles. The predicted octanol–water partition coefficient (Wildman–Crippen LogP) is 3.46. The van der Waals surface area contributed by atoms with Crippen LogP contribution < -0.4 is 10.2 Å². The maximum absolute atomic E-state index is 5.91. The summed E-state index contributed by atoms with van der Waals surface area (Å²) in [5, 5.41) is 3.33. The first kappa shape index (κ1) is 14.5. The molecular weight excluding hydrogens is 274 g/mol. The van der Waals surface area contributed by atoms with Crippen LogP contribution in [0.4, 0.5) is 17.6 Å². The number of halogens is 1. The number of rotatable bonds is 4. The molecule has 0 unspecified atom stereocenters. The summed E-state index contributed by atoms with van der Waals surface area (Å²) in [5.41, 5.74) is 2.19. The number of nitrogens with one attached hydrogen (secondary N) is 1. The number of anilines is 3. The zero-order chi connectivity index (χ0) is 14.7. The number of nitrogens with zero attached hydrogens (tertiary/aromatic N) is 4. The fourth-order valence-corrected chi connectivity index (χ4v) is 1.86. The minimum Gasteiger partial charge on any atom is -0.347 e. The Morgan fingerprint density at radius 2 is 1.90 bits per heavy atom. The Kier molecular flexibility index (Phi) is 4.39. The third kappa shape index (κ3) is 3.57. The second-order valence-corrected chi connectivity index (χ2v) is 5.37. The summed E-state index contributed by atoms with van der Waals surface area (Å²) in [6.07, 6.45) is 0. The lowest BCUT2D eigenvalue weighted by Crippen LogP contribution is -2.14. The van der Waals surface area contributed by atoms with Gasteiger partial charge in [0.15, 0.2) is 0 Å². The van der Waals surface area contributed by atoms with Gasteiger partial charge in [-0.05, 0) is 35.2 Å². The van der Waals surface area contributed by atoms with Crippen LogP contribution in [0, 0.1) is 0 Å². The molecular formula is C14H18ClN5. The molecule has 106 valence electrons. The van der Waals surface area contributed by atoms with E-state index >= 15 is 0 Å². The molecule has 0 atom stereocenters. The van der Waals surface area contributed by atoms with E-state index in [0.717, 1.165) is 5.69 Å². The minimum atomic E-state index is 0.172. The molecule has 0 saturated heterocycles. The zero-order valence-electron chi connectivity index (χ0n) is 12.1. The quantitative estimate of drug-likeness (QED) is 0.935. The average Bonchev–Trinajstić information content (AvgIpc) is 2.38. The van der Waals surface area contributed by atoms with Gasteiger partial charge < -0.3 is 10.2 Å². The topological polar surface area (TPSA) is 53.9 Å². The average molecular weight is 292 g/mol. The van der Waals surface area contributed by atoms with Crippen LogP contribution in [0.25, 0.3) is 0 Å². The van der Waals surface area contributed by atoms with Gasteiger partial charge in [0.2, 0.25) is 17.2 Å². The van der Waals surface area contributed by atoms with Crippen molar-refractivity contribution in [3.05, 3.63) is 35.1 Å². The standard InChI is InChI=1S/C14H18ClN5/c1-9(2)10-6-5-7-11(8-10)16-13-17-12(15)18-14(19-13)20(3)4/h5-9H,1-4H3,(H,16,17,18,19). The van der Waals surface area contributed by atoms with Crippen LogP contribution in [0.3, 0.4) is 0 Å². The highest BCUT2D eigenvalue weighted by Crippen LogP contribution is 2.21. The molecule has 1 N–H and O–H groups in total. The third-order valence-corrected chi connectivity index (χ3v) is 2.97. The molecule has 0 bridgehead atoms. The highest BCUT2D eigenvalue weighted by atomic mass is 35.5. The molecule has 20 heavy (non-hydrogen) atoms. The van der Waals surface area contributed by atoms with E-state index in [0.29, 0.717) is 17.8 Å². The monoisotopic (exact) mass is 291 g/mol. The van der Waals surface area contributed by atoms with Gasteiger partial charge >= 0.3 is 0 Å². The first-order valence-electron chi connectivity index (χ1n) is 6.41. The smallest absolute Gasteiger partial charge is 0.233 e. The summed E-state index contributed by atoms with van der Waals surface area (Å²) in [6.45, 7) is 4.31. The summed E-state index contributed by atoms with van der Waals surface area (Å²) in [5.74, 6) is 1.43. The van der Waals surface area contributed by atoms with E-state index in [2.05, 4.69) is 46.2 Å². The molecule has 0 spiro atoms. The summed E-state index contributed by atoms with van der Waals surface area (Å²) in [4.78, 5) is 14.2. The molecule has 0 radical (unpaired) electrons. The lowest BCUT2D eigenvalue weighted by atomic mass is 10.0. The van der Waals surface area contributed by atoms with Crippen molar-refractivity contribution in [2.45, 2.75) is 19.8 Å². The van der Waals surface area contributed by atoms with E-state index in [-0.39, 0.29) is 5.28 Å². The first-order valence-corrected chi connectivity index (χ1v) is 6.79. The molecule has 2 aromatic rings. The van der Waals surface area contributed by atoms with Crippen molar-refractivity contribution >= 4 is 29.2 Å². The third-order valence-electron chi connectivity index (χ3n) is 2.81. The second kappa shape index (κ2) is 6.05. The zero-order valence-corrected chi connectivity index (χ0v) is 12.8. The summed E-state index contributed by atoms with van der Waals surface area (Å²) in [6, 6.07) is 8.16. The second-order valence-electron chi connectivity index (χ2n) is 5.03. The Balaban J connectivity index is 2.27. The van der Waals surface area contributed by atoms with Crippen LogP contribution in [0.15, 0.2) is 24.3 Å². The Morgan fingerprint density at radius 3 is 2.55 bits per heavy atom. The summed E-state index contributed by atoms with van der Waals surface area (Å²) < 4.78 is 0. The predicted molar refractivity (Wildman–Crippen MR) is 83.0 cm³/mol. The van der Waals surface area contributed by atoms with Crippen molar-refractivity contribution in [3.63, 3.8) is 0 Å². The fourth-order valence-electron chi connectivity index (χ4n) is 1.70.